The Morgan fingerprint density at radius 1 is 1.46 bits per heavy atom. The van der Waals surface area contributed by atoms with Crippen LogP contribution < -0.4 is 5.43 Å². The molecular weight excluding hydrogens is 354 g/mol. The lowest BCUT2D eigenvalue weighted by atomic mass is 10.2. The number of carbonyl (C=O) groups excluding carboxylic acids is 1. The Morgan fingerprint density at radius 3 is 3.00 bits per heavy atom. The summed E-state index contributed by atoms with van der Waals surface area (Å²) in [6.07, 6.45) is 4.06. The van der Waals surface area contributed by atoms with Crippen molar-refractivity contribution in [3.05, 3.63) is 51.8 Å². The maximum absolute atomic E-state index is 12.1. The lowest BCUT2D eigenvalue weighted by Crippen LogP contribution is -2.18. The van der Waals surface area contributed by atoms with Crippen molar-refractivity contribution in [2.45, 2.75) is 39.3 Å². The molecule has 26 heavy (non-hydrogen) atoms. The van der Waals surface area contributed by atoms with Gasteiger partial charge in [-0.05, 0) is 51.0 Å². The van der Waals surface area contributed by atoms with Crippen molar-refractivity contribution in [1.29, 1.82) is 0 Å². The van der Waals surface area contributed by atoms with Gasteiger partial charge in [-0.1, -0.05) is 11.6 Å². The number of hydrazone groups is 1. The highest BCUT2D eigenvalue weighted by Crippen LogP contribution is 2.21. The minimum atomic E-state index is -0.519. The van der Waals surface area contributed by atoms with E-state index >= 15 is 0 Å². The van der Waals surface area contributed by atoms with Crippen molar-refractivity contribution in [2.24, 2.45) is 5.10 Å². The summed E-state index contributed by atoms with van der Waals surface area (Å²) < 4.78 is 7.92. The molecule has 0 radical (unpaired) electrons. The van der Waals surface area contributed by atoms with Gasteiger partial charge in [-0.25, -0.2) is 5.43 Å². The van der Waals surface area contributed by atoms with E-state index in [1.807, 2.05) is 19.9 Å². The van der Waals surface area contributed by atoms with Crippen molar-refractivity contribution < 1.29 is 14.6 Å². The number of amides is 1. The molecule has 0 aliphatic carbocycles. The van der Waals surface area contributed by atoms with Gasteiger partial charge in [0.05, 0.1) is 17.9 Å². The van der Waals surface area contributed by atoms with Crippen molar-refractivity contribution in [1.82, 2.24) is 9.99 Å². The molecule has 2 aromatic rings. The van der Waals surface area contributed by atoms with Gasteiger partial charge in [-0.2, -0.15) is 5.10 Å². The zero-order valence-electron chi connectivity index (χ0n) is 14.8. The lowest BCUT2D eigenvalue weighted by molar-refractivity contribution is 0.0951. The Balaban J connectivity index is 1.68. The molecular formula is C19H22ClN3O3. The highest BCUT2D eigenvalue weighted by atomic mass is 35.5. The monoisotopic (exact) mass is 375 g/mol. The molecule has 2 N–H and O–H groups in total. The molecule has 1 saturated heterocycles. The van der Waals surface area contributed by atoms with Crippen LogP contribution >= 0.6 is 11.6 Å². The van der Waals surface area contributed by atoms with Crippen LogP contribution in [0, 0.1) is 13.8 Å². The average Bonchev–Trinajstić information content (AvgIpc) is 3.21. The summed E-state index contributed by atoms with van der Waals surface area (Å²) in [5.74, 6) is -0.661. The number of nitrogens with zero attached hydrogens (tertiary/aromatic N) is 2. The largest absolute Gasteiger partial charge is 0.507 e. The second kappa shape index (κ2) is 7.93. The molecule has 0 spiro atoms. The summed E-state index contributed by atoms with van der Waals surface area (Å²) in [4.78, 5) is 12.1. The van der Waals surface area contributed by atoms with Gasteiger partial charge in [0.15, 0.2) is 0 Å². The van der Waals surface area contributed by atoms with E-state index in [4.69, 9.17) is 16.3 Å². The van der Waals surface area contributed by atoms with Crippen LogP contribution in [0.3, 0.4) is 0 Å². The predicted molar refractivity (Wildman–Crippen MR) is 101 cm³/mol. The minimum absolute atomic E-state index is 0.0819. The third kappa shape index (κ3) is 4.08. The lowest BCUT2D eigenvalue weighted by Gasteiger charge is -2.14. The molecule has 0 saturated carbocycles. The van der Waals surface area contributed by atoms with Crippen LogP contribution in [-0.4, -0.2) is 34.5 Å². The fourth-order valence-corrected chi connectivity index (χ4v) is 3.31. The standard InChI is InChI=1S/C19H22ClN3O3/c1-12-8-14(13(2)23(12)11-16-4-3-7-26-16)10-21-22-19(25)17-9-15(20)5-6-18(17)24/h5-6,8-10,16,24H,3-4,7,11H2,1-2H3,(H,22,25)/b21-10-/t16-/m0/s1. The van der Waals surface area contributed by atoms with Gasteiger partial charge in [0.2, 0.25) is 0 Å². The number of aromatic hydroxyl groups is 1. The van der Waals surface area contributed by atoms with Gasteiger partial charge in [0, 0.05) is 35.1 Å². The Labute approximate surface area is 157 Å². The quantitative estimate of drug-likeness (QED) is 0.621. The first-order valence-corrected chi connectivity index (χ1v) is 8.93. The topological polar surface area (TPSA) is 75.9 Å². The molecule has 1 aromatic carbocycles. The summed E-state index contributed by atoms with van der Waals surface area (Å²) >= 11 is 5.86. The molecule has 1 atom stereocenters. The number of phenols is 1. The molecule has 138 valence electrons. The molecule has 2 heterocycles. The molecule has 1 amide bonds. The summed E-state index contributed by atoms with van der Waals surface area (Å²) in [6.45, 7) is 5.73. The van der Waals surface area contributed by atoms with Gasteiger partial charge >= 0.3 is 0 Å². The van der Waals surface area contributed by atoms with E-state index in [9.17, 15) is 9.90 Å². The molecule has 1 aliphatic heterocycles. The summed E-state index contributed by atoms with van der Waals surface area (Å²) in [7, 11) is 0. The van der Waals surface area contributed by atoms with Crippen molar-refractivity contribution in [3.63, 3.8) is 0 Å². The van der Waals surface area contributed by atoms with Crippen molar-refractivity contribution >= 4 is 23.7 Å². The number of phenolic OH excluding ortho intramolecular Hbond substituents is 1. The number of hydrogen-bond acceptors (Lipinski definition) is 4. The van der Waals surface area contributed by atoms with Crippen LogP contribution in [0.5, 0.6) is 5.75 Å². The van der Waals surface area contributed by atoms with Crippen molar-refractivity contribution in [3.8, 4) is 5.75 Å². The highest BCUT2D eigenvalue weighted by molar-refractivity contribution is 6.31. The van der Waals surface area contributed by atoms with Crippen LogP contribution in [-0.2, 0) is 11.3 Å². The number of rotatable bonds is 5. The number of halogens is 1. The first kappa shape index (κ1) is 18.5. The van der Waals surface area contributed by atoms with E-state index in [-0.39, 0.29) is 17.4 Å². The number of carbonyl (C=O) groups is 1. The summed E-state index contributed by atoms with van der Waals surface area (Å²) in [5.41, 5.74) is 5.63. The Hall–Kier alpha value is -2.31. The summed E-state index contributed by atoms with van der Waals surface area (Å²) in [5, 5.41) is 14.1. The Kier molecular flexibility index (Phi) is 5.64. The van der Waals surface area contributed by atoms with E-state index in [0.29, 0.717) is 5.02 Å². The SMILES string of the molecule is Cc1cc(/C=N\NC(=O)c2cc(Cl)ccc2O)c(C)n1C[C@@H]1CCCO1. The van der Waals surface area contributed by atoms with E-state index in [2.05, 4.69) is 15.1 Å². The third-order valence-electron chi connectivity index (χ3n) is 4.60. The number of aryl methyl sites for hydroxylation is 1. The third-order valence-corrected chi connectivity index (χ3v) is 4.83. The second-order valence-electron chi connectivity index (χ2n) is 6.43. The first-order valence-electron chi connectivity index (χ1n) is 8.56. The number of aromatic nitrogens is 1. The molecule has 1 fully saturated rings. The fourth-order valence-electron chi connectivity index (χ4n) is 3.14. The fraction of sp³-hybridized carbons (Fsp3) is 0.368. The molecule has 3 rings (SSSR count). The molecule has 0 bridgehead atoms. The minimum Gasteiger partial charge on any atom is -0.507 e. The summed E-state index contributed by atoms with van der Waals surface area (Å²) in [6, 6.07) is 6.31. The zero-order chi connectivity index (χ0) is 18.7. The number of nitrogens with one attached hydrogen (secondary N) is 1. The Bertz CT molecular complexity index is 839. The van der Waals surface area contributed by atoms with Crippen molar-refractivity contribution in [2.75, 3.05) is 6.61 Å². The molecule has 1 aromatic heterocycles. The molecule has 0 unspecified atom stereocenters. The van der Waals surface area contributed by atoms with Gasteiger partial charge in [-0.3, -0.25) is 4.79 Å². The second-order valence-corrected chi connectivity index (χ2v) is 6.87. The zero-order valence-corrected chi connectivity index (χ0v) is 15.6. The number of benzene rings is 1. The number of hydrogen-bond donors (Lipinski definition) is 2. The van der Waals surface area contributed by atoms with E-state index in [1.54, 1.807) is 6.21 Å². The van der Waals surface area contributed by atoms with E-state index in [0.717, 1.165) is 42.9 Å². The Morgan fingerprint density at radius 2 is 2.27 bits per heavy atom. The normalized spacial score (nSPS) is 17.1. The van der Waals surface area contributed by atoms with Crippen LogP contribution in [0.2, 0.25) is 5.02 Å². The van der Waals surface area contributed by atoms with Gasteiger partial charge < -0.3 is 14.4 Å². The van der Waals surface area contributed by atoms with Gasteiger partial charge in [-0.15, -0.1) is 0 Å². The van der Waals surface area contributed by atoms with Gasteiger partial charge in [0.1, 0.15) is 5.75 Å². The van der Waals surface area contributed by atoms with Crippen LogP contribution in [0.4, 0.5) is 0 Å². The molecule has 6 nitrogen and oxygen atoms in total. The molecule has 7 heteroatoms. The smallest absolute Gasteiger partial charge is 0.275 e. The highest BCUT2D eigenvalue weighted by Gasteiger charge is 2.18. The van der Waals surface area contributed by atoms with Crippen LogP contribution in [0.15, 0.2) is 29.4 Å². The van der Waals surface area contributed by atoms with E-state index < -0.39 is 5.91 Å². The van der Waals surface area contributed by atoms with Crippen LogP contribution in [0.25, 0.3) is 0 Å². The van der Waals surface area contributed by atoms with Crippen LogP contribution in [0.1, 0.15) is 40.2 Å². The maximum atomic E-state index is 12.1. The van der Waals surface area contributed by atoms with E-state index in [1.165, 1.54) is 18.2 Å². The van der Waals surface area contributed by atoms with Gasteiger partial charge in [0.25, 0.3) is 5.91 Å². The number of ether oxygens (including phenoxy) is 1. The maximum Gasteiger partial charge on any atom is 0.275 e. The average molecular weight is 376 g/mol. The predicted octanol–water partition coefficient (Wildman–Crippen LogP) is 3.41. The first-order chi connectivity index (χ1) is 12.5. The molecule has 1 aliphatic rings.